The van der Waals surface area contributed by atoms with Crippen LogP contribution in [-0.2, 0) is 0 Å². The first-order valence-corrected chi connectivity index (χ1v) is 7.20. The summed E-state index contributed by atoms with van der Waals surface area (Å²) in [5, 5.41) is 8.67. The highest BCUT2D eigenvalue weighted by molar-refractivity contribution is 5.39. The zero-order valence-corrected chi connectivity index (χ0v) is 12.8. The molecule has 1 rings (SSSR count). The second-order valence-corrected chi connectivity index (χ2v) is 4.92. The second-order valence-electron chi connectivity index (χ2n) is 4.92. The van der Waals surface area contributed by atoms with E-state index in [0.29, 0.717) is 25.6 Å². The topological polar surface area (TPSA) is 62.3 Å². The highest BCUT2D eigenvalue weighted by Crippen LogP contribution is 2.12. The van der Waals surface area contributed by atoms with E-state index in [1.165, 1.54) is 0 Å². The van der Waals surface area contributed by atoms with Crippen molar-refractivity contribution in [2.45, 2.75) is 26.3 Å². The van der Waals surface area contributed by atoms with E-state index >= 15 is 0 Å². The quantitative estimate of drug-likeness (QED) is 0.778. The van der Waals surface area contributed by atoms with Crippen molar-refractivity contribution < 1.29 is 4.74 Å². The summed E-state index contributed by atoms with van der Waals surface area (Å²) in [4.78, 5) is 2.24. The highest BCUT2D eigenvalue weighted by Gasteiger charge is 2.08. The predicted octanol–water partition coefficient (Wildman–Crippen LogP) is 2.00. The molecular formula is C17H23N3O. The monoisotopic (exact) mass is 285 g/mol. The van der Waals surface area contributed by atoms with E-state index in [2.05, 4.69) is 36.7 Å². The number of ether oxygens (including phenoxy) is 1. The average Bonchev–Trinajstić information content (AvgIpc) is 2.48. The fourth-order valence-corrected chi connectivity index (χ4v) is 1.92. The maximum Gasteiger partial charge on any atom is 0.120 e. The van der Waals surface area contributed by atoms with Crippen molar-refractivity contribution in [2.75, 3.05) is 26.2 Å². The molecule has 0 heterocycles. The van der Waals surface area contributed by atoms with E-state index in [1.54, 1.807) is 0 Å². The van der Waals surface area contributed by atoms with Gasteiger partial charge in [-0.05, 0) is 32.0 Å². The maximum atomic E-state index is 8.67. The molecule has 0 saturated heterocycles. The van der Waals surface area contributed by atoms with Crippen molar-refractivity contribution in [1.82, 2.24) is 4.90 Å². The molecule has 0 aliphatic rings. The lowest BCUT2D eigenvalue weighted by Crippen LogP contribution is -2.35. The van der Waals surface area contributed by atoms with Crippen molar-refractivity contribution in [2.24, 2.45) is 5.73 Å². The van der Waals surface area contributed by atoms with Crippen LogP contribution in [-0.4, -0.2) is 37.2 Å². The molecule has 0 amide bonds. The van der Waals surface area contributed by atoms with Crippen molar-refractivity contribution in [1.29, 1.82) is 5.26 Å². The first kappa shape index (κ1) is 17.0. The molecule has 1 aromatic rings. The van der Waals surface area contributed by atoms with E-state index in [-0.39, 0.29) is 0 Å². The Morgan fingerprint density at radius 1 is 1.33 bits per heavy atom. The van der Waals surface area contributed by atoms with E-state index in [0.717, 1.165) is 24.4 Å². The minimum atomic E-state index is 0.354. The molecule has 0 atom stereocenters. The molecule has 0 bridgehead atoms. The normalized spacial score (nSPS) is 10.1. The van der Waals surface area contributed by atoms with E-state index in [9.17, 15) is 0 Å². The Morgan fingerprint density at radius 3 is 2.81 bits per heavy atom. The van der Waals surface area contributed by atoms with Crippen LogP contribution in [0, 0.1) is 23.2 Å². The van der Waals surface area contributed by atoms with Crippen LogP contribution in [0.1, 0.15) is 25.8 Å². The van der Waals surface area contributed by atoms with Gasteiger partial charge in [-0.25, -0.2) is 0 Å². The van der Waals surface area contributed by atoms with Crippen molar-refractivity contribution in [3.63, 3.8) is 0 Å². The molecule has 0 aliphatic carbocycles. The lowest BCUT2D eigenvalue weighted by Gasteiger charge is -2.25. The summed E-state index contributed by atoms with van der Waals surface area (Å²) in [7, 11) is 0. The van der Waals surface area contributed by atoms with Gasteiger partial charge in [-0.15, -0.1) is 0 Å². The molecule has 2 N–H and O–H groups in total. The summed E-state index contributed by atoms with van der Waals surface area (Å²) in [5.41, 5.74) is 6.27. The molecule has 0 saturated carbocycles. The third-order valence-electron chi connectivity index (χ3n) is 3.06. The van der Waals surface area contributed by atoms with Crippen LogP contribution in [0.15, 0.2) is 24.3 Å². The largest absolute Gasteiger partial charge is 0.492 e. The van der Waals surface area contributed by atoms with Gasteiger partial charge in [-0.1, -0.05) is 17.9 Å². The van der Waals surface area contributed by atoms with Gasteiger partial charge in [-0.2, -0.15) is 5.26 Å². The van der Waals surface area contributed by atoms with Gasteiger partial charge in [0.15, 0.2) is 0 Å². The van der Waals surface area contributed by atoms with Gasteiger partial charge in [0, 0.05) is 31.1 Å². The molecule has 0 radical (unpaired) electrons. The Hall–Kier alpha value is -2.01. The minimum Gasteiger partial charge on any atom is -0.492 e. The number of hydrogen-bond donors (Lipinski definition) is 1. The van der Waals surface area contributed by atoms with Gasteiger partial charge < -0.3 is 10.5 Å². The van der Waals surface area contributed by atoms with Crippen molar-refractivity contribution >= 4 is 0 Å². The zero-order chi connectivity index (χ0) is 15.5. The number of hydrogen-bond acceptors (Lipinski definition) is 4. The van der Waals surface area contributed by atoms with Crippen LogP contribution >= 0.6 is 0 Å². The Morgan fingerprint density at radius 2 is 2.14 bits per heavy atom. The van der Waals surface area contributed by atoms with Crippen LogP contribution in [0.4, 0.5) is 0 Å². The van der Waals surface area contributed by atoms with Crippen molar-refractivity contribution in [3.05, 3.63) is 29.8 Å². The molecule has 0 unspecified atom stereocenters. The molecule has 0 fully saturated rings. The number of rotatable bonds is 7. The van der Waals surface area contributed by atoms with Gasteiger partial charge in [0.1, 0.15) is 12.4 Å². The summed E-state index contributed by atoms with van der Waals surface area (Å²) in [5.74, 6) is 6.62. The van der Waals surface area contributed by atoms with Crippen LogP contribution in [0.5, 0.6) is 5.75 Å². The molecule has 0 spiro atoms. The van der Waals surface area contributed by atoms with Crippen LogP contribution in [0.25, 0.3) is 0 Å². The van der Waals surface area contributed by atoms with E-state index < -0.39 is 0 Å². The SMILES string of the molecule is CC(C)N(CCC#N)CCOc1cccc(C#CCN)c1. The molecule has 4 heteroatoms. The van der Waals surface area contributed by atoms with Gasteiger partial charge in [0.25, 0.3) is 0 Å². The first-order valence-electron chi connectivity index (χ1n) is 7.20. The molecular weight excluding hydrogens is 262 g/mol. The van der Waals surface area contributed by atoms with Gasteiger partial charge >= 0.3 is 0 Å². The lowest BCUT2D eigenvalue weighted by molar-refractivity contribution is 0.179. The number of benzene rings is 1. The van der Waals surface area contributed by atoms with E-state index in [1.807, 2.05) is 24.3 Å². The van der Waals surface area contributed by atoms with Gasteiger partial charge in [0.2, 0.25) is 0 Å². The molecule has 0 aliphatic heterocycles. The standard InChI is InChI=1S/C17H23N3O/c1-15(2)20(11-5-10-19)12-13-21-17-8-3-6-16(14-17)7-4-9-18/h3,6,8,14-15H,5,9,11-13,18H2,1-2H3. The number of nitriles is 1. The molecule has 1 aromatic carbocycles. The van der Waals surface area contributed by atoms with Crippen LogP contribution < -0.4 is 10.5 Å². The summed E-state index contributed by atoms with van der Waals surface area (Å²) in [6.07, 6.45) is 0.544. The third kappa shape index (κ3) is 6.81. The first-order chi connectivity index (χ1) is 10.2. The van der Waals surface area contributed by atoms with E-state index in [4.69, 9.17) is 15.7 Å². The number of nitrogens with zero attached hydrogens (tertiary/aromatic N) is 2. The summed E-state index contributed by atoms with van der Waals surface area (Å²) in [6.45, 7) is 6.78. The van der Waals surface area contributed by atoms with Crippen molar-refractivity contribution in [3.8, 4) is 23.7 Å². The Labute approximate surface area is 127 Å². The zero-order valence-electron chi connectivity index (χ0n) is 12.8. The van der Waals surface area contributed by atoms with Gasteiger partial charge in [-0.3, -0.25) is 4.90 Å². The molecule has 112 valence electrons. The number of nitrogens with two attached hydrogens (primary N) is 1. The Balaban J connectivity index is 2.49. The average molecular weight is 285 g/mol. The second kappa shape index (κ2) is 9.83. The van der Waals surface area contributed by atoms with Gasteiger partial charge in [0.05, 0.1) is 12.6 Å². The fourth-order valence-electron chi connectivity index (χ4n) is 1.92. The Bertz CT molecular complexity index is 523. The summed E-state index contributed by atoms with van der Waals surface area (Å²) < 4.78 is 5.76. The highest BCUT2D eigenvalue weighted by atomic mass is 16.5. The maximum absolute atomic E-state index is 8.67. The predicted molar refractivity (Wildman–Crippen MR) is 84.8 cm³/mol. The minimum absolute atomic E-state index is 0.354. The lowest BCUT2D eigenvalue weighted by atomic mass is 10.2. The summed E-state index contributed by atoms with van der Waals surface area (Å²) >= 11 is 0. The van der Waals surface area contributed by atoms with Crippen LogP contribution in [0.3, 0.4) is 0 Å². The fraction of sp³-hybridized carbons (Fsp3) is 0.471. The Kier molecular flexibility index (Phi) is 7.97. The summed E-state index contributed by atoms with van der Waals surface area (Å²) in [6, 6.07) is 10.3. The smallest absolute Gasteiger partial charge is 0.120 e. The van der Waals surface area contributed by atoms with Crippen LogP contribution in [0.2, 0.25) is 0 Å². The molecule has 21 heavy (non-hydrogen) atoms. The molecule has 4 nitrogen and oxygen atoms in total. The molecule has 0 aromatic heterocycles. The third-order valence-corrected chi connectivity index (χ3v) is 3.06.